The highest BCUT2D eigenvalue weighted by molar-refractivity contribution is 5.70. The Bertz CT molecular complexity index is 270. The van der Waals surface area contributed by atoms with Gasteiger partial charge in [-0.2, -0.15) is 0 Å². The lowest BCUT2D eigenvalue weighted by Crippen LogP contribution is -2.23. The fourth-order valence-corrected chi connectivity index (χ4v) is 1.84. The number of carbonyl (C=O) groups is 1. The molecule has 0 aliphatic carbocycles. The molecule has 1 aliphatic rings. The largest absolute Gasteiger partial charge is 0.449 e. The number of hydrogen-bond donors (Lipinski definition) is 0. The van der Waals surface area contributed by atoms with Gasteiger partial charge in [0.1, 0.15) is 0 Å². The van der Waals surface area contributed by atoms with Crippen LogP contribution in [0.4, 0.5) is 4.79 Å². The molecular weight excluding hydrogens is 214 g/mol. The summed E-state index contributed by atoms with van der Waals surface area (Å²) < 4.78 is 4.91. The second-order valence-corrected chi connectivity index (χ2v) is 4.30. The van der Waals surface area contributed by atoms with E-state index in [1.807, 2.05) is 19.3 Å². The van der Waals surface area contributed by atoms with Crippen LogP contribution < -0.4 is 0 Å². The minimum atomic E-state index is -0.301. The molecule has 0 atom stereocenters. The molecule has 0 radical (unpaired) electrons. The van der Waals surface area contributed by atoms with Crippen molar-refractivity contribution >= 4 is 6.09 Å². The van der Waals surface area contributed by atoms with Crippen LogP contribution in [0.3, 0.4) is 0 Å². The fraction of sp³-hybridized carbons (Fsp3) is 0.643. The molecular formula is C14H23NO2. The monoisotopic (exact) mass is 237 g/mol. The summed E-state index contributed by atoms with van der Waals surface area (Å²) in [4.78, 5) is 12.9. The van der Waals surface area contributed by atoms with E-state index in [9.17, 15) is 4.79 Å². The molecule has 0 unspecified atom stereocenters. The van der Waals surface area contributed by atoms with E-state index in [1.54, 1.807) is 0 Å². The third-order valence-corrected chi connectivity index (χ3v) is 2.86. The predicted octanol–water partition coefficient (Wildman–Crippen LogP) is 4.07. The van der Waals surface area contributed by atoms with Crippen LogP contribution in [0.25, 0.3) is 0 Å². The number of hydrogen-bond acceptors (Lipinski definition) is 2. The van der Waals surface area contributed by atoms with Gasteiger partial charge in [-0.25, -0.2) is 4.79 Å². The van der Waals surface area contributed by atoms with Crippen LogP contribution in [0.1, 0.15) is 46.0 Å². The molecule has 96 valence electrons. The summed E-state index contributed by atoms with van der Waals surface area (Å²) in [6, 6.07) is 0. The van der Waals surface area contributed by atoms with E-state index in [-0.39, 0.29) is 6.09 Å². The Hall–Kier alpha value is -1.25. The van der Waals surface area contributed by atoms with Crippen molar-refractivity contribution in [2.45, 2.75) is 46.0 Å². The molecule has 0 saturated carbocycles. The van der Waals surface area contributed by atoms with E-state index in [1.165, 1.54) is 37.0 Å². The first-order chi connectivity index (χ1) is 8.27. The number of allylic oxidation sites excluding steroid dienone is 2. The highest BCUT2D eigenvalue weighted by atomic mass is 16.5. The molecule has 0 fully saturated rings. The molecule has 0 N–H and O–H groups in total. The van der Waals surface area contributed by atoms with Crippen molar-refractivity contribution in [1.29, 1.82) is 0 Å². The van der Waals surface area contributed by atoms with Crippen molar-refractivity contribution in [2.75, 3.05) is 6.61 Å². The van der Waals surface area contributed by atoms with E-state index < -0.39 is 0 Å². The lowest BCUT2D eigenvalue weighted by molar-refractivity contribution is 0.132. The Morgan fingerprint density at radius 2 is 1.88 bits per heavy atom. The van der Waals surface area contributed by atoms with Gasteiger partial charge >= 0.3 is 6.09 Å². The molecule has 0 aromatic heterocycles. The van der Waals surface area contributed by atoms with Crippen LogP contribution in [0.2, 0.25) is 0 Å². The van der Waals surface area contributed by atoms with Gasteiger partial charge in [-0.15, -0.1) is 0 Å². The lowest BCUT2D eigenvalue weighted by Gasteiger charge is -2.19. The second-order valence-electron chi connectivity index (χ2n) is 4.30. The van der Waals surface area contributed by atoms with Crippen LogP contribution in [-0.4, -0.2) is 17.6 Å². The Balaban J connectivity index is 2.25. The van der Waals surface area contributed by atoms with Gasteiger partial charge in [-0.05, 0) is 19.3 Å². The molecule has 1 rings (SSSR count). The Labute approximate surface area is 104 Å². The van der Waals surface area contributed by atoms with Gasteiger partial charge < -0.3 is 4.74 Å². The van der Waals surface area contributed by atoms with E-state index in [2.05, 4.69) is 19.1 Å². The number of unbranched alkanes of at least 4 members (excludes halogenated alkanes) is 3. The van der Waals surface area contributed by atoms with E-state index >= 15 is 0 Å². The number of ether oxygens (including phenoxy) is 1. The topological polar surface area (TPSA) is 29.5 Å². The molecule has 3 heteroatoms. The predicted molar refractivity (Wildman–Crippen MR) is 69.4 cm³/mol. The van der Waals surface area contributed by atoms with E-state index in [0.717, 1.165) is 0 Å². The Kier molecular flexibility index (Phi) is 6.45. The van der Waals surface area contributed by atoms with Crippen molar-refractivity contribution in [2.24, 2.45) is 5.92 Å². The normalized spacial score (nSPS) is 15.3. The number of carbonyl (C=O) groups excluding carboxylic acids is 1. The second kappa shape index (κ2) is 7.93. The van der Waals surface area contributed by atoms with Gasteiger partial charge in [0.05, 0.1) is 6.61 Å². The highest BCUT2D eigenvalue weighted by Crippen LogP contribution is 2.18. The summed E-state index contributed by atoms with van der Waals surface area (Å²) >= 11 is 0. The third-order valence-electron chi connectivity index (χ3n) is 2.86. The molecule has 17 heavy (non-hydrogen) atoms. The van der Waals surface area contributed by atoms with Crippen LogP contribution in [0.5, 0.6) is 0 Å². The van der Waals surface area contributed by atoms with Gasteiger partial charge in [0.2, 0.25) is 0 Å². The first-order valence-corrected chi connectivity index (χ1v) is 6.59. The number of amides is 1. The van der Waals surface area contributed by atoms with Crippen LogP contribution in [-0.2, 0) is 4.74 Å². The van der Waals surface area contributed by atoms with E-state index in [0.29, 0.717) is 12.5 Å². The summed E-state index contributed by atoms with van der Waals surface area (Å²) in [6.45, 7) is 4.45. The van der Waals surface area contributed by atoms with Gasteiger partial charge in [0.15, 0.2) is 0 Å². The zero-order valence-corrected chi connectivity index (χ0v) is 10.9. The fourth-order valence-electron chi connectivity index (χ4n) is 1.84. The van der Waals surface area contributed by atoms with Gasteiger partial charge in [-0.3, -0.25) is 4.90 Å². The summed E-state index contributed by atoms with van der Waals surface area (Å²) in [5.74, 6) is 0.470. The van der Waals surface area contributed by atoms with Crippen molar-refractivity contribution < 1.29 is 9.53 Å². The summed E-state index contributed by atoms with van der Waals surface area (Å²) in [5.41, 5.74) is 0. The Morgan fingerprint density at radius 1 is 1.18 bits per heavy atom. The van der Waals surface area contributed by atoms with Crippen LogP contribution >= 0.6 is 0 Å². The highest BCUT2D eigenvalue weighted by Gasteiger charge is 2.13. The summed E-state index contributed by atoms with van der Waals surface area (Å²) in [5, 5.41) is 0. The number of nitrogens with zero attached hydrogens (tertiary/aromatic N) is 1. The molecule has 1 aliphatic heterocycles. The van der Waals surface area contributed by atoms with Crippen LogP contribution in [0, 0.1) is 5.92 Å². The average Bonchev–Trinajstić information content (AvgIpc) is 2.36. The van der Waals surface area contributed by atoms with Crippen LogP contribution in [0.15, 0.2) is 24.6 Å². The van der Waals surface area contributed by atoms with Crippen molar-refractivity contribution in [3.05, 3.63) is 24.6 Å². The zero-order chi connectivity index (χ0) is 12.5. The maximum absolute atomic E-state index is 11.4. The number of rotatable bonds is 6. The first-order valence-electron chi connectivity index (χ1n) is 6.59. The molecule has 0 aromatic rings. The Morgan fingerprint density at radius 3 is 2.47 bits per heavy atom. The van der Waals surface area contributed by atoms with Gasteiger partial charge in [-0.1, -0.05) is 44.8 Å². The van der Waals surface area contributed by atoms with Gasteiger partial charge in [0.25, 0.3) is 0 Å². The van der Waals surface area contributed by atoms with Crippen molar-refractivity contribution in [1.82, 2.24) is 4.90 Å². The standard InChI is InChI=1S/C14H23NO2/c1-3-5-6-7-8-13-9-11-15(12-10-13)14(16)17-4-2/h9-13H,3-8H2,1-2H3. The minimum Gasteiger partial charge on any atom is -0.449 e. The summed E-state index contributed by atoms with van der Waals surface area (Å²) in [6.07, 6.45) is 13.8. The molecule has 0 bridgehead atoms. The molecule has 0 spiro atoms. The zero-order valence-electron chi connectivity index (χ0n) is 10.9. The minimum absolute atomic E-state index is 0.301. The molecule has 1 amide bonds. The lowest BCUT2D eigenvalue weighted by atomic mass is 9.99. The SMILES string of the molecule is CCCCCCC1C=CN(C(=O)OCC)C=C1. The quantitative estimate of drug-likeness (QED) is 0.652. The van der Waals surface area contributed by atoms with Crippen molar-refractivity contribution in [3.8, 4) is 0 Å². The molecule has 0 aromatic carbocycles. The third kappa shape index (κ3) is 5.07. The molecule has 3 nitrogen and oxygen atoms in total. The maximum atomic E-state index is 11.4. The van der Waals surface area contributed by atoms with Crippen molar-refractivity contribution in [3.63, 3.8) is 0 Å². The average molecular weight is 237 g/mol. The maximum Gasteiger partial charge on any atom is 0.417 e. The molecule has 0 saturated heterocycles. The van der Waals surface area contributed by atoms with E-state index in [4.69, 9.17) is 4.74 Å². The smallest absolute Gasteiger partial charge is 0.417 e. The first kappa shape index (κ1) is 13.8. The summed E-state index contributed by atoms with van der Waals surface area (Å²) in [7, 11) is 0. The van der Waals surface area contributed by atoms with Gasteiger partial charge in [0, 0.05) is 12.4 Å². The molecule has 1 heterocycles.